The summed E-state index contributed by atoms with van der Waals surface area (Å²) in [5.74, 6) is 1.56. The van der Waals surface area contributed by atoms with Crippen LogP contribution in [-0.4, -0.2) is 35.2 Å². The minimum Gasteiger partial charge on any atom is -0.493 e. The van der Waals surface area contributed by atoms with Crippen LogP contribution in [0.15, 0.2) is 59.4 Å². The minimum atomic E-state index is -0.548. The summed E-state index contributed by atoms with van der Waals surface area (Å²) in [4.78, 5) is 15.8. The van der Waals surface area contributed by atoms with E-state index in [-0.39, 0.29) is 30.0 Å². The number of carbonyl (C=O) groups excluding carboxylic acids is 1. The fraction of sp³-hybridized carbons (Fsp3) is 0.433. The van der Waals surface area contributed by atoms with Gasteiger partial charge in [0.05, 0.1) is 44.3 Å². The van der Waals surface area contributed by atoms with Gasteiger partial charge < -0.3 is 23.9 Å². The lowest BCUT2D eigenvalue weighted by molar-refractivity contribution is -0.137. The molecule has 196 valence electrons. The number of nitrogens with zero attached hydrogens (tertiary/aromatic N) is 1. The van der Waals surface area contributed by atoms with Crippen LogP contribution in [0.4, 0.5) is 0 Å². The first-order valence-corrected chi connectivity index (χ1v) is 13.4. The van der Waals surface area contributed by atoms with Gasteiger partial charge in [-0.15, -0.1) is 0 Å². The lowest BCUT2D eigenvalue weighted by Gasteiger charge is -2.45. The Morgan fingerprint density at radius 2 is 1.78 bits per heavy atom. The molecule has 0 radical (unpaired) electrons. The van der Waals surface area contributed by atoms with Crippen LogP contribution in [0.1, 0.15) is 73.9 Å². The van der Waals surface area contributed by atoms with Crippen LogP contribution < -0.4 is 9.47 Å². The van der Waals surface area contributed by atoms with Crippen LogP contribution in [0.3, 0.4) is 0 Å². The molecule has 1 aromatic heterocycles. The second kappa shape index (κ2) is 10.8. The zero-order valence-electron chi connectivity index (χ0n) is 21.5. The first kappa shape index (κ1) is 25.7. The van der Waals surface area contributed by atoms with Crippen molar-refractivity contribution in [3.8, 4) is 11.5 Å². The first-order valence-electron chi connectivity index (χ1n) is 13.0. The van der Waals surface area contributed by atoms with Crippen LogP contribution in [0.5, 0.6) is 11.5 Å². The Morgan fingerprint density at radius 1 is 1.05 bits per heavy atom. The molecule has 1 fully saturated rings. The second-order valence-electron chi connectivity index (χ2n) is 10.4. The number of halogens is 1. The van der Waals surface area contributed by atoms with Crippen molar-refractivity contribution in [3.05, 3.63) is 82.3 Å². The monoisotopic (exact) mass is 523 g/mol. The number of amides is 1. The van der Waals surface area contributed by atoms with E-state index in [4.69, 9.17) is 25.5 Å². The highest BCUT2D eigenvalue weighted by atomic mass is 35.5. The number of benzene rings is 2. The van der Waals surface area contributed by atoms with E-state index in [1.54, 1.807) is 19.6 Å². The first-order chi connectivity index (χ1) is 17.9. The number of fused-ring (bicyclic) bond motifs is 1. The van der Waals surface area contributed by atoms with Gasteiger partial charge in [0.2, 0.25) is 5.91 Å². The Morgan fingerprint density at radius 3 is 2.41 bits per heavy atom. The molecule has 2 aromatic carbocycles. The van der Waals surface area contributed by atoms with Crippen molar-refractivity contribution in [3.63, 3.8) is 0 Å². The Balaban J connectivity index is 1.49. The van der Waals surface area contributed by atoms with Gasteiger partial charge in [-0.25, -0.2) is 0 Å². The molecule has 1 amide bonds. The molecule has 37 heavy (non-hydrogen) atoms. The third kappa shape index (κ3) is 5.23. The van der Waals surface area contributed by atoms with Crippen molar-refractivity contribution in [1.82, 2.24) is 4.90 Å². The summed E-state index contributed by atoms with van der Waals surface area (Å²) >= 11 is 6.23. The summed E-state index contributed by atoms with van der Waals surface area (Å²) in [5, 5.41) is 11.5. The highest BCUT2D eigenvalue weighted by Gasteiger charge is 2.41. The maximum Gasteiger partial charge on any atom is 0.228 e. The lowest BCUT2D eigenvalue weighted by atomic mass is 9.78. The number of rotatable bonds is 7. The molecule has 2 unspecified atom stereocenters. The number of ether oxygens (including phenoxy) is 2. The molecule has 2 atom stereocenters. The molecule has 0 saturated heterocycles. The van der Waals surface area contributed by atoms with E-state index in [0.29, 0.717) is 22.9 Å². The molecule has 6 nitrogen and oxygen atoms in total. The number of aliphatic hydroxyl groups excluding tert-OH is 1. The van der Waals surface area contributed by atoms with E-state index in [1.807, 2.05) is 56.3 Å². The quantitative estimate of drug-likeness (QED) is 0.383. The van der Waals surface area contributed by atoms with Crippen molar-refractivity contribution in [2.24, 2.45) is 5.92 Å². The standard InChI is InChI=1S/C30H34ClNO5/c1-18(2)37-27-16-25-22(14-26(27)35-3)15-28(33)32(29(25)19-4-8-23(31)9-5-19)24-10-6-20(7-11-24)30(34)21-12-13-36-17-21/h4-5,8-9,12-14,16-18,20,24,29-30,34H,6-7,10-11,15H2,1-3H3. The lowest BCUT2D eigenvalue weighted by Crippen LogP contribution is -2.48. The van der Waals surface area contributed by atoms with Crippen LogP contribution in [0.25, 0.3) is 0 Å². The fourth-order valence-electron chi connectivity index (χ4n) is 5.89. The number of carbonyl (C=O) groups is 1. The van der Waals surface area contributed by atoms with Crippen LogP contribution in [0, 0.1) is 5.92 Å². The number of hydrogen-bond acceptors (Lipinski definition) is 5. The number of hydrogen-bond donors (Lipinski definition) is 1. The number of furan rings is 1. The molecule has 1 aliphatic heterocycles. The van der Waals surface area contributed by atoms with E-state index in [0.717, 1.165) is 47.9 Å². The molecule has 1 N–H and O–H groups in total. The van der Waals surface area contributed by atoms with Gasteiger partial charge in [0.25, 0.3) is 0 Å². The van der Waals surface area contributed by atoms with Crippen LogP contribution >= 0.6 is 11.6 Å². The third-order valence-corrected chi connectivity index (χ3v) is 7.89. The van der Waals surface area contributed by atoms with Gasteiger partial charge in [0, 0.05) is 16.6 Å². The summed E-state index contributed by atoms with van der Waals surface area (Å²) < 4.78 is 16.9. The Bertz CT molecular complexity index is 1220. The number of methoxy groups -OCH3 is 1. The summed E-state index contributed by atoms with van der Waals surface area (Å²) in [5.41, 5.74) is 3.84. The van der Waals surface area contributed by atoms with Crippen molar-refractivity contribution in [2.75, 3.05) is 7.11 Å². The largest absolute Gasteiger partial charge is 0.493 e. The van der Waals surface area contributed by atoms with E-state index in [9.17, 15) is 9.90 Å². The maximum atomic E-state index is 13.7. The molecule has 1 saturated carbocycles. The minimum absolute atomic E-state index is 0.0146. The molecule has 7 heteroatoms. The zero-order valence-corrected chi connectivity index (χ0v) is 22.3. The predicted octanol–water partition coefficient (Wildman–Crippen LogP) is 6.50. The predicted molar refractivity (Wildman–Crippen MR) is 142 cm³/mol. The van der Waals surface area contributed by atoms with Crippen molar-refractivity contribution in [2.45, 2.75) is 70.2 Å². The summed E-state index contributed by atoms with van der Waals surface area (Å²) in [7, 11) is 1.62. The summed E-state index contributed by atoms with van der Waals surface area (Å²) in [6, 6.07) is 13.4. The second-order valence-corrected chi connectivity index (χ2v) is 10.8. The highest BCUT2D eigenvalue weighted by Crippen LogP contribution is 2.45. The average molecular weight is 524 g/mol. The molecule has 2 aliphatic rings. The SMILES string of the molecule is COc1cc2c(cc1OC(C)C)C(c1ccc(Cl)cc1)N(C1CCC(C(O)c3ccoc3)CC1)C(=O)C2. The smallest absolute Gasteiger partial charge is 0.228 e. The van der Waals surface area contributed by atoms with Crippen molar-refractivity contribution in [1.29, 1.82) is 0 Å². The van der Waals surface area contributed by atoms with Crippen LogP contribution in [-0.2, 0) is 11.2 Å². The molecule has 3 aromatic rings. The Labute approximate surface area is 223 Å². The third-order valence-electron chi connectivity index (χ3n) is 7.64. The van der Waals surface area contributed by atoms with Gasteiger partial charge in [-0.05, 0) is 92.5 Å². The Hall–Kier alpha value is -2.96. The molecule has 0 spiro atoms. The molecular weight excluding hydrogens is 490 g/mol. The number of aliphatic hydroxyl groups is 1. The van der Waals surface area contributed by atoms with Gasteiger partial charge in [0.1, 0.15) is 0 Å². The van der Waals surface area contributed by atoms with E-state index >= 15 is 0 Å². The maximum absolute atomic E-state index is 13.7. The van der Waals surface area contributed by atoms with Crippen molar-refractivity contribution < 1.29 is 23.8 Å². The van der Waals surface area contributed by atoms with E-state index in [2.05, 4.69) is 4.90 Å². The van der Waals surface area contributed by atoms with Crippen LogP contribution in [0.2, 0.25) is 5.02 Å². The molecule has 5 rings (SSSR count). The van der Waals surface area contributed by atoms with E-state index < -0.39 is 6.10 Å². The summed E-state index contributed by atoms with van der Waals surface area (Å²) in [6.07, 6.45) is 6.30. The molecule has 2 heterocycles. The topological polar surface area (TPSA) is 72.1 Å². The van der Waals surface area contributed by atoms with Gasteiger partial charge >= 0.3 is 0 Å². The zero-order chi connectivity index (χ0) is 26.1. The Kier molecular flexibility index (Phi) is 7.50. The average Bonchev–Trinajstić information content (AvgIpc) is 3.43. The molecular formula is C30H34ClNO5. The molecule has 1 aliphatic carbocycles. The molecule has 0 bridgehead atoms. The van der Waals surface area contributed by atoms with Gasteiger partial charge in [-0.1, -0.05) is 23.7 Å². The van der Waals surface area contributed by atoms with Gasteiger partial charge in [-0.2, -0.15) is 0 Å². The van der Waals surface area contributed by atoms with Crippen molar-refractivity contribution >= 4 is 17.5 Å². The fourth-order valence-corrected chi connectivity index (χ4v) is 6.02. The van der Waals surface area contributed by atoms with Gasteiger partial charge in [0.15, 0.2) is 11.5 Å². The highest BCUT2D eigenvalue weighted by molar-refractivity contribution is 6.30. The van der Waals surface area contributed by atoms with E-state index in [1.165, 1.54) is 0 Å². The normalized spacial score (nSPS) is 22.6. The summed E-state index contributed by atoms with van der Waals surface area (Å²) in [6.45, 7) is 3.98. The van der Waals surface area contributed by atoms with Gasteiger partial charge in [-0.3, -0.25) is 4.79 Å².